The van der Waals surface area contributed by atoms with Crippen LogP contribution in [0.1, 0.15) is 31.1 Å². The van der Waals surface area contributed by atoms with E-state index in [1.54, 1.807) is 6.20 Å². The number of imidazole rings is 1. The van der Waals surface area contributed by atoms with Crippen LogP contribution in [0, 0.1) is 11.8 Å². The summed E-state index contributed by atoms with van der Waals surface area (Å²) in [5.74, 6) is 3.59. The maximum atomic E-state index is 12.8. The molecule has 2 unspecified atom stereocenters. The lowest BCUT2D eigenvalue weighted by atomic mass is 9.93. The molecule has 6 rings (SSSR count). The Labute approximate surface area is 203 Å². The highest BCUT2D eigenvalue weighted by atomic mass is 16.5. The maximum absolute atomic E-state index is 12.8. The molecule has 1 amide bonds. The molecule has 4 aromatic rings. The summed E-state index contributed by atoms with van der Waals surface area (Å²) in [5, 5.41) is 0. The third-order valence-electron chi connectivity index (χ3n) is 7.33. The second-order valence-corrected chi connectivity index (χ2v) is 9.28. The van der Waals surface area contributed by atoms with Crippen LogP contribution >= 0.6 is 0 Å². The number of carbonyl (C=O) groups is 1. The summed E-state index contributed by atoms with van der Waals surface area (Å²) in [6, 6.07) is 17.4. The van der Waals surface area contributed by atoms with Crippen LogP contribution in [-0.2, 0) is 4.79 Å². The first-order chi connectivity index (χ1) is 17.1. The fourth-order valence-corrected chi connectivity index (χ4v) is 5.78. The van der Waals surface area contributed by atoms with E-state index in [1.165, 1.54) is 12.5 Å². The van der Waals surface area contributed by atoms with Crippen molar-refractivity contribution in [1.82, 2.24) is 19.3 Å². The molecule has 0 bridgehead atoms. The minimum atomic E-state index is -0.114. The largest absolute Gasteiger partial charge is 0.457 e. The Morgan fingerprint density at radius 1 is 1.09 bits per heavy atom. The molecule has 35 heavy (non-hydrogen) atoms. The normalized spacial score (nSPS) is 21.3. The second-order valence-electron chi connectivity index (χ2n) is 9.28. The van der Waals surface area contributed by atoms with Crippen molar-refractivity contribution in [3.63, 3.8) is 0 Å². The molecular weight excluding hydrogens is 438 g/mol. The highest BCUT2D eigenvalue weighted by Crippen LogP contribution is 2.50. The molecule has 1 saturated carbocycles. The molecule has 0 spiro atoms. The number of likely N-dealkylation sites (tertiary alicyclic amines) is 1. The standard InChI is InChI=1S/C28H27N5O2/c1-2-23(34)33-17-19-7-6-10-22(19)25(33)28-31-24(26-27(29)30-15-16-32(26)28)18-11-13-21(14-12-18)35-20-8-4-3-5-9-20/h2-5,8-9,11-16,19,22,25H,1,6-7,10,17H2,(H2,29,30)/t19?,22?,25-/m0/s1. The molecule has 1 aliphatic heterocycles. The van der Waals surface area contributed by atoms with Gasteiger partial charge in [-0.3, -0.25) is 9.20 Å². The van der Waals surface area contributed by atoms with E-state index in [9.17, 15) is 4.79 Å². The first kappa shape index (κ1) is 21.4. The van der Waals surface area contributed by atoms with Crippen molar-refractivity contribution >= 4 is 17.2 Å². The van der Waals surface area contributed by atoms with E-state index in [1.807, 2.05) is 70.1 Å². The van der Waals surface area contributed by atoms with Crippen LogP contribution in [0.5, 0.6) is 11.5 Å². The Morgan fingerprint density at radius 2 is 1.86 bits per heavy atom. The van der Waals surface area contributed by atoms with Gasteiger partial charge in [-0.2, -0.15) is 0 Å². The molecule has 0 radical (unpaired) electrons. The second kappa shape index (κ2) is 8.58. The SMILES string of the molecule is C=CC(=O)N1CC2CCCC2[C@H]1c1nc(-c2ccc(Oc3ccccc3)cc2)c2c(N)nccn12. The van der Waals surface area contributed by atoms with E-state index in [4.69, 9.17) is 15.5 Å². The van der Waals surface area contributed by atoms with Crippen LogP contribution < -0.4 is 10.5 Å². The fraction of sp³-hybridized carbons (Fsp3) is 0.250. The van der Waals surface area contributed by atoms with Crippen LogP contribution in [0.3, 0.4) is 0 Å². The molecule has 2 N–H and O–H groups in total. The molecule has 7 heteroatoms. The van der Waals surface area contributed by atoms with Crippen LogP contribution in [0.2, 0.25) is 0 Å². The number of nitrogens with zero attached hydrogens (tertiary/aromatic N) is 4. The van der Waals surface area contributed by atoms with Crippen molar-refractivity contribution in [3.8, 4) is 22.8 Å². The number of nitrogens with two attached hydrogens (primary N) is 1. The molecule has 3 heterocycles. The zero-order valence-corrected chi connectivity index (χ0v) is 19.4. The van der Waals surface area contributed by atoms with Gasteiger partial charge in [0.15, 0.2) is 0 Å². The van der Waals surface area contributed by atoms with Gasteiger partial charge in [-0.1, -0.05) is 31.2 Å². The molecule has 2 fully saturated rings. The van der Waals surface area contributed by atoms with E-state index in [0.717, 1.165) is 53.5 Å². The predicted molar refractivity (Wildman–Crippen MR) is 135 cm³/mol. The molecule has 2 aromatic carbocycles. The number of hydrogen-bond donors (Lipinski definition) is 1. The minimum Gasteiger partial charge on any atom is -0.457 e. The topological polar surface area (TPSA) is 85.8 Å². The summed E-state index contributed by atoms with van der Waals surface area (Å²) in [6.07, 6.45) is 8.41. The van der Waals surface area contributed by atoms with Crippen LogP contribution in [0.15, 0.2) is 79.6 Å². The summed E-state index contributed by atoms with van der Waals surface area (Å²) in [5.41, 5.74) is 8.80. The van der Waals surface area contributed by atoms with E-state index >= 15 is 0 Å². The third-order valence-corrected chi connectivity index (χ3v) is 7.33. The van der Waals surface area contributed by atoms with Crippen LogP contribution in [0.4, 0.5) is 5.82 Å². The number of amides is 1. The van der Waals surface area contributed by atoms with E-state index in [0.29, 0.717) is 17.7 Å². The van der Waals surface area contributed by atoms with Gasteiger partial charge in [-0.15, -0.1) is 0 Å². The number of anilines is 1. The van der Waals surface area contributed by atoms with Gasteiger partial charge in [-0.25, -0.2) is 9.97 Å². The molecule has 1 saturated heterocycles. The summed E-state index contributed by atoms with van der Waals surface area (Å²) in [7, 11) is 0. The molecule has 7 nitrogen and oxygen atoms in total. The number of ether oxygens (including phenoxy) is 1. The highest BCUT2D eigenvalue weighted by Gasteiger charge is 2.48. The average molecular weight is 466 g/mol. The Morgan fingerprint density at radius 3 is 2.63 bits per heavy atom. The van der Waals surface area contributed by atoms with E-state index < -0.39 is 0 Å². The third kappa shape index (κ3) is 3.64. The highest BCUT2D eigenvalue weighted by molar-refractivity contribution is 5.88. The van der Waals surface area contributed by atoms with Gasteiger partial charge in [0.2, 0.25) is 5.91 Å². The lowest BCUT2D eigenvalue weighted by Gasteiger charge is -2.26. The Balaban J connectivity index is 1.43. The van der Waals surface area contributed by atoms with E-state index in [-0.39, 0.29) is 11.9 Å². The van der Waals surface area contributed by atoms with Gasteiger partial charge < -0.3 is 15.4 Å². The van der Waals surface area contributed by atoms with Gasteiger partial charge in [0.05, 0.1) is 6.04 Å². The van der Waals surface area contributed by atoms with Crippen LogP contribution in [-0.4, -0.2) is 31.7 Å². The minimum absolute atomic E-state index is 0.0489. The zero-order chi connectivity index (χ0) is 23.9. The number of fused-ring (bicyclic) bond motifs is 2. The number of hydrogen-bond acceptors (Lipinski definition) is 5. The van der Waals surface area contributed by atoms with Crippen molar-refractivity contribution < 1.29 is 9.53 Å². The van der Waals surface area contributed by atoms with Gasteiger partial charge in [-0.05, 0) is 67.2 Å². The first-order valence-corrected chi connectivity index (χ1v) is 12.0. The van der Waals surface area contributed by atoms with Crippen molar-refractivity contribution in [2.24, 2.45) is 11.8 Å². The molecule has 2 aliphatic rings. The Hall–Kier alpha value is -4.13. The Kier molecular flexibility index (Phi) is 5.25. The number of nitrogen functional groups attached to an aromatic ring is 1. The monoisotopic (exact) mass is 465 g/mol. The van der Waals surface area contributed by atoms with Gasteiger partial charge in [0.1, 0.15) is 34.4 Å². The summed E-state index contributed by atoms with van der Waals surface area (Å²) in [4.78, 5) is 24.2. The number of benzene rings is 2. The number of rotatable bonds is 5. The van der Waals surface area contributed by atoms with Crippen molar-refractivity contribution in [3.05, 3.63) is 85.5 Å². The number of carbonyl (C=O) groups excluding carboxylic acids is 1. The summed E-state index contributed by atoms with van der Waals surface area (Å²) >= 11 is 0. The molecule has 3 atom stereocenters. The summed E-state index contributed by atoms with van der Waals surface area (Å²) < 4.78 is 7.97. The first-order valence-electron chi connectivity index (χ1n) is 12.0. The predicted octanol–water partition coefficient (Wildman–Crippen LogP) is 5.26. The molecule has 2 aromatic heterocycles. The van der Waals surface area contributed by atoms with Crippen molar-refractivity contribution in [1.29, 1.82) is 0 Å². The van der Waals surface area contributed by atoms with Crippen molar-refractivity contribution in [2.75, 3.05) is 12.3 Å². The van der Waals surface area contributed by atoms with Gasteiger partial charge in [0, 0.05) is 24.5 Å². The number of aromatic nitrogens is 3. The lowest BCUT2D eigenvalue weighted by Crippen LogP contribution is -2.32. The average Bonchev–Trinajstić information content (AvgIpc) is 3.58. The Bertz CT molecular complexity index is 1400. The van der Waals surface area contributed by atoms with Gasteiger partial charge in [0.25, 0.3) is 0 Å². The van der Waals surface area contributed by atoms with E-state index in [2.05, 4.69) is 11.6 Å². The van der Waals surface area contributed by atoms with Gasteiger partial charge >= 0.3 is 0 Å². The fourth-order valence-electron chi connectivity index (χ4n) is 5.78. The van der Waals surface area contributed by atoms with Crippen LogP contribution in [0.25, 0.3) is 16.8 Å². The number of para-hydroxylation sites is 1. The smallest absolute Gasteiger partial charge is 0.246 e. The summed E-state index contributed by atoms with van der Waals surface area (Å²) in [6.45, 7) is 4.48. The molecule has 1 aliphatic carbocycles. The molecule has 176 valence electrons. The zero-order valence-electron chi connectivity index (χ0n) is 19.4. The van der Waals surface area contributed by atoms with Crippen molar-refractivity contribution in [2.45, 2.75) is 25.3 Å². The molecular formula is C28H27N5O2. The maximum Gasteiger partial charge on any atom is 0.246 e. The lowest BCUT2D eigenvalue weighted by molar-refractivity contribution is -0.127. The quantitative estimate of drug-likeness (QED) is 0.407.